The third-order valence-corrected chi connectivity index (χ3v) is 8.77. The van der Waals surface area contributed by atoms with Gasteiger partial charge in [-0.1, -0.05) is 17.7 Å². The van der Waals surface area contributed by atoms with Crippen LogP contribution in [0.5, 0.6) is 0 Å². The van der Waals surface area contributed by atoms with E-state index in [1.165, 1.54) is 36.6 Å². The van der Waals surface area contributed by atoms with E-state index >= 15 is 0 Å². The van der Waals surface area contributed by atoms with Gasteiger partial charge in [0.25, 0.3) is 0 Å². The number of halogens is 2. The van der Waals surface area contributed by atoms with E-state index in [0.29, 0.717) is 54.8 Å². The molecule has 4 heterocycles. The summed E-state index contributed by atoms with van der Waals surface area (Å²) >= 11 is 7.83. The number of ether oxygens (including phenoxy) is 1. The maximum absolute atomic E-state index is 13.9. The quantitative estimate of drug-likeness (QED) is 0.384. The molecule has 3 atom stereocenters. The number of aliphatic hydroxyl groups is 1. The highest BCUT2D eigenvalue weighted by atomic mass is 35.5. The van der Waals surface area contributed by atoms with E-state index in [1.54, 1.807) is 24.9 Å². The number of hydrogen-bond acceptors (Lipinski definition) is 11. The highest BCUT2D eigenvalue weighted by Crippen LogP contribution is 2.37. The molecule has 1 aromatic heterocycles. The van der Waals surface area contributed by atoms with E-state index in [4.69, 9.17) is 21.3 Å². The molecule has 2 fully saturated rings. The molecule has 11 nitrogen and oxygen atoms in total. The Morgan fingerprint density at radius 1 is 1.29 bits per heavy atom. The summed E-state index contributed by atoms with van der Waals surface area (Å²) < 4.78 is 19.1. The summed E-state index contributed by atoms with van der Waals surface area (Å²) in [7, 11) is 1.29. The fraction of sp³-hybridized carbons (Fsp3) is 0.481. The number of methoxy groups -OCH3 is 1. The van der Waals surface area contributed by atoms with Gasteiger partial charge >= 0.3 is 11.9 Å². The average molecular weight is 607 g/mol. The Balaban J connectivity index is 1.43. The minimum absolute atomic E-state index is 0.0384. The first-order valence-electron chi connectivity index (χ1n) is 13.1. The fourth-order valence-electron chi connectivity index (χ4n) is 5.53. The van der Waals surface area contributed by atoms with Gasteiger partial charge < -0.3 is 20.3 Å². The molecule has 0 bridgehead atoms. The molecule has 1 aromatic carbocycles. The van der Waals surface area contributed by atoms with Crippen LogP contribution in [0, 0.1) is 11.2 Å². The summed E-state index contributed by atoms with van der Waals surface area (Å²) in [4.78, 5) is 39.9. The van der Waals surface area contributed by atoms with Crippen LogP contribution in [0.3, 0.4) is 0 Å². The Bertz CT molecular complexity index is 1390. The van der Waals surface area contributed by atoms with Gasteiger partial charge in [-0.25, -0.2) is 14.2 Å². The zero-order valence-electron chi connectivity index (χ0n) is 22.9. The molecule has 2 saturated heterocycles. The van der Waals surface area contributed by atoms with Crippen LogP contribution >= 0.6 is 22.9 Å². The Labute approximate surface area is 245 Å². The first kappa shape index (κ1) is 29.5. The van der Waals surface area contributed by atoms with E-state index in [1.807, 2.05) is 10.3 Å². The predicted molar refractivity (Wildman–Crippen MR) is 151 cm³/mol. The number of piperazine rings is 1. The van der Waals surface area contributed by atoms with Crippen LogP contribution in [0.15, 0.2) is 46.0 Å². The minimum Gasteiger partial charge on any atom is -0.481 e. The van der Waals surface area contributed by atoms with Crippen molar-refractivity contribution in [1.82, 2.24) is 25.0 Å². The minimum atomic E-state index is -1.01. The van der Waals surface area contributed by atoms with Gasteiger partial charge in [-0.15, -0.1) is 11.3 Å². The van der Waals surface area contributed by atoms with Crippen molar-refractivity contribution in [3.05, 3.63) is 62.5 Å². The number of hydrogen-bond donors (Lipinski definition) is 3. The van der Waals surface area contributed by atoms with Gasteiger partial charge in [-0.2, -0.15) is 0 Å². The normalized spacial score (nSPS) is 24.1. The second kappa shape index (κ2) is 11.7. The lowest BCUT2D eigenvalue weighted by atomic mass is 9.93. The lowest BCUT2D eigenvalue weighted by Crippen LogP contribution is -2.54. The maximum Gasteiger partial charge on any atom is 0.338 e. The monoisotopic (exact) mass is 606 g/mol. The number of carboxylic acids is 1. The molecule has 41 heavy (non-hydrogen) atoms. The molecule has 220 valence electrons. The fourth-order valence-corrected chi connectivity index (χ4v) is 6.39. The molecule has 0 spiro atoms. The first-order chi connectivity index (χ1) is 19.5. The van der Waals surface area contributed by atoms with Gasteiger partial charge in [0.1, 0.15) is 11.9 Å². The topological polar surface area (TPSA) is 131 Å². The van der Waals surface area contributed by atoms with E-state index < -0.39 is 35.6 Å². The first-order valence-corrected chi connectivity index (χ1v) is 14.4. The van der Waals surface area contributed by atoms with Crippen LogP contribution in [0.1, 0.15) is 30.5 Å². The van der Waals surface area contributed by atoms with Crippen LogP contribution in [0.4, 0.5) is 4.39 Å². The molecular formula is C27H32ClFN6O5S. The Hall–Kier alpha value is -2.94. The van der Waals surface area contributed by atoms with Crippen molar-refractivity contribution in [3.8, 4) is 0 Å². The summed E-state index contributed by atoms with van der Waals surface area (Å²) in [6.07, 6.45) is 0.790. The molecule has 0 saturated carbocycles. The van der Waals surface area contributed by atoms with Crippen LogP contribution in [-0.4, -0.2) is 106 Å². The number of rotatable bonds is 8. The summed E-state index contributed by atoms with van der Waals surface area (Å²) in [5.41, 5.74) is 0.282. The Morgan fingerprint density at radius 2 is 2.07 bits per heavy atom. The van der Waals surface area contributed by atoms with Crippen molar-refractivity contribution in [3.63, 3.8) is 0 Å². The van der Waals surface area contributed by atoms with Gasteiger partial charge in [-0.3, -0.25) is 24.5 Å². The van der Waals surface area contributed by atoms with E-state index in [-0.39, 0.29) is 23.2 Å². The van der Waals surface area contributed by atoms with Crippen LogP contribution in [-0.2, 0) is 14.3 Å². The maximum atomic E-state index is 13.9. The number of amidine groups is 1. The highest BCUT2D eigenvalue weighted by Gasteiger charge is 2.45. The second-order valence-electron chi connectivity index (χ2n) is 11.0. The number of carbonyl (C=O) groups excluding carboxylic acids is 1. The smallest absolute Gasteiger partial charge is 0.338 e. The van der Waals surface area contributed by atoms with Gasteiger partial charge in [0, 0.05) is 73.2 Å². The Morgan fingerprint density at radius 3 is 2.73 bits per heavy atom. The number of carboxylic acid groups (broad SMARTS) is 1. The number of esters is 1. The van der Waals surface area contributed by atoms with Crippen molar-refractivity contribution < 1.29 is 28.9 Å². The number of aliphatic carboxylic acids is 1. The average Bonchev–Trinajstić information content (AvgIpc) is 3.56. The van der Waals surface area contributed by atoms with Crippen LogP contribution < -0.4 is 5.32 Å². The molecule has 3 aliphatic rings. The van der Waals surface area contributed by atoms with Crippen LogP contribution in [0.2, 0.25) is 5.02 Å². The number of carbonyl (C=O) groups is 2. The Kier molecular flexibility index (Phi) is 8.46. The third-order valence-electron chi connectivity index (χ3n) is 7.66. The van der Waals surface area contributed by atoms with Crippen molar-refractivity contribution in [2.75, 3.05) is 46.4 Å². The molecule has 5 rings (SSSR count). The van der Waals surface area contributed by atoms with Crippen molar-refractivity contribution in [2.24, 2.45) is 10.4 Å². The largest absolute Gasteiger partial charge is 0.481 e. The molecule has 0 unspecified atom stereocenters. The lowest BCUT2D eigenvalue weighted by molar-refractivity contribution is -0.150. The van der Waals surface area contributed by atoms with Gasteiger partial charge in [0.2, 0.25) is 0 Å². The second-order valence-corrected chi connectivity index (χ2v) is 12.3. The number of benzene rings is 1. The number of thiazole rings is 1. The van der Waals surface area contributed by atoms with Crippen molar-refractivity contribution in [1.29, 1.82) is 0 Å². The summed E-state index contributed by atoms with van der Waals surface area (Å²) in [5, 5.41) is 26.4. The number of aliphatic imine (C=N–C) groups is 1. The number of nitrogens with zero attached hydrogens (tertiary/aromatic N) is 5. The van der Waals surface area contributed by atoms with E-state index in [0.717, 1.165) is 0 Å². The molecule has 0 radical (unpaired) electrons. The van der Waals surface area contributed by atoms with E-state index in [2.05, 4.69) is 15.2 Å². The number of aliphatic hydroxyl groups excluding tert-OH is 1. The zero-order valence-corrected chi connectivity index (χ0v) is 24.5. The molecule has 0 aliphatic carbocycles. The lowest BCUT2D eigenvalue weighted by Gasteiger charge is -2.39. The van der Waals surface area contributed by atoms with Crippen LogP contribution in [0.25, 0.3) is 0 Å². The standard InChI is InChI=1S/C27H32ClFN6O5S/c1-27(2,25(37)38)14-34-12-16-11-33(7-8-35(16)26(34)39)13-19-20(24(36)40-3)21(17-5-4-15(29)10-18(17)28)32-22(31-19)23-30-6-9-41-23/h4-6,9-10,16,21,26,39H,7-8,11-14H2,1-3H3,(H,31,32)(H,37,38)/t16-,21-,26+/m0/s1. The third kappa shape index (κ3) is 6.01. The molecular weight excluding hydrogens is 575 g/mol. The summed E-state index contributed by atoms with van der Waals surface area (Å²) in [5.74, 6) is -1.55. The van der Waals surface area contributed by atoms with Crippen molar-refractivity contribution in [2.45, 2.75) is 32.3 Å². The van der Waals surface area contributed by atoms with E-state index in [9.17, 15) is 24.2 Å². The number of fused-ring (bicyclic) bond motifs is 1. The number of nitrogens with one attached hydrogen (secondary N) is 1. The van der Waals surface area contributed by atoms with Crippen molar-refractivity contribution >= 4 is 40.7 Å². The predicted octanol–water partition coefficient (Wildman–Crippen LogP) is 2.14. The number of aromatic nitrogens is 1. The highest BCUT2D eigenvalue weighted by molar-refractivity contribution is 7.11. The summed E-state index contributed by atoms with van der Waals surface area (Å²) in [6, 6.07) is 3.09. The summed E-state index contributed by atoms with van der Waals surface area (Å²) in [6.45, 7) is 6.07. The zero-order chi connectivity index (χ0) is 29.5. The molecule has 0 amide bonds. The van der Waals surface area contributed by atoms with Gasteiger partial charge in [0.15, 0.2) is 17.2 Å². The molecule has 2 aromatic rings. The van der Waals surface area contributed by atoms with Gasteiger partial charge in [-0.05, 0) is 26.0 Å². The SMILES string of the molecule is COC(=O)C1=C(CN2CCN3[C@@H](C2)CN(CC(C)(C)C(=O)O)[C@H]3O)NC(c2nccs2)=N[C@H]1c1ccc(F)cc1Cl. The van der Waals surface area contributed by atoms with Gasteiger partial charge in [0.05, 0.1) is 18.1 Å². The molecule has 3 aliphatic heterocycles. The molecule has 3 N–H and O–H groups in total. The molecule has 14 heteroatoms.